The van der Waals surface area contributed by atoms with E-state index in [0.717, 1.165) is 4.72 Å². The van der Waals surface area contributed by atoms with Gasteiger partial charge in [-0.15, -0.1) is 0 Å². The molecule has 0 bridgehead atoms. The van der Waals surface area contributed by atoms with Crippen LogP contribution in [0.25, 0.3) is 0 Å². The fourth-order valence-corrected chi connectivity index (χ4v) is 1.06. The normalized spacial score (nSPS) is 12.6. The Labute approximate surface area is 122 Å². The van der Waals surface area contributed by atoms with Crippen molar-refractivity contribution in [3.8, 4) is 0 Å². The average Bonchev–Trinajstić information content (AvgIpc) is 1.81. The average molecular weight is 251 g/mol. The Kier molecular flexibility index (Phi) is 8.24. The monoisotopic (exact) mass is 251 g/mol. The molecule has 0 aromatic heterocycles. The molecule has 0 fully saturated rings. The number of rotatable bonds is 5. The van der Waals surface area contributed by atoms with Crippen molar-refractivity contribution in [2.45, 2.75) is 12.5 Å². The van der Waals surface area contributed by atoms with E-state index in [4.69, 9.17) is 10.2 Å². The molecule has 0 spiro atoms. The van der Waals surface area contributed by atoms with Crippen LogP contribution in [0.1, 0.15) is 6.42 Å². The van der Waals surface area contributed by atoms with Gasteiger partial charge in [-0.2, -0.15) is 0 Å². The number of carboxylic acid groups (broad SMARTS) is 2. The molecule has 1 atom stereocenters. The number of hydrogen-bond donors (Lipinski definition) is 3. The Morgan fingerprint density at radius 2 is 1.79 bits per heavy atom. The fraction of sp³-hybridized carbons (Fsp3) is 0.500. The van der Waals surface area contributed by atoms with Gasteiger partial charge in [-0.1, -0.05) is 0 Å². The van der Waals surface area contributed by atoms with Gasteiger partial charge in [0.25, 0.3) is 0 Å². The molecule has 0 aliphatic rings. The zero-order valence-corrected chi connectivity index (χ0v) is 11.1. The molecule has 14 heavy (non-hydrogen) atoms. The molecule has 0 aromatic carbocycles. The fourth-order valence-electron chi connectivity index (χ4n) is 0.528. The first-order valence-electron chi connectivity index (χ1n) is 2.90. The van der Waals surface area contributed by atoms with E-state index in [1.54, 1.807) is 0 Å². The quantitative estimate of drug-likeness (QED) is 0.327. The molecule has 0 amide bonds. The molecule has 0 aliphatic carbocycles. The standard InChI is InChI=1S/C4H7NO7S.K/c6-3(7)1-2(4(8)9)5-13(10,11)12;/h2,5H,1H2,(H,6,7)(H,8,9)(H,10,11,12);/q;+1/p-1/t2-;/m0./s1. The van der Waals surface area contributed by atoms with Gasteiger partial charge < -0.3 is 14.8 Å². The molecule has 3 N–H and O–H groups in total. The van der Waals surface area contributed by atoms with Crippen molar-refractivity contribution in [1.82, 2.24) is 4.72 Å². The predicted molar refractivity (Wildman–Crippen MR) is 36.5 cm³/mol. The van der Waals surface area contributed by atoms with Crippen molar-refractivity contribution in [3.05, 3.63) is 0 Å². The van der Waals surface area contributed by atoms with Crippen LogP contribution < -0.4 is 56.1 Å². The molecule has 76 valence electrons. The summed E-state index contributed by atoms with van der Waals surface area (Å²) in [5.41, 5.74) is 0. The van der Waals surface area contributed by atoms with Gasteiger partial charge >= 0.3 is 63.3 Å². The summed E-state index contributed by atoms with van der Waals surface area (Å²) in [5, 5.41) is 16.4. The second kappa shape index (κ2) is 6.84. The third kappa shape index (κ3) is 9.02. The summed E-state index contributed by atoms with van der Waals surface area (Å²) in [6.45, 7) is 0. The topological polar surface area (TPSA) is 144 Å². The van der Waals surface area contributed by atoms with Gasteiger partial charge in [-0.05, 0) is 0 Å². The van der Waals surface area contributed by atoms with Crippen molar-refractivity contribution < 1.29 is 84.2 Å². The first kappa shape index (κ1) is 16.9. The summed E-state index contributed by atoms with van der Waals surface area (Å²) in [5.74, 6) is -3.25. The van der Waals surface area contributed by atoms with Crippen LogP contribution in [0.5, 0.6) is 0 Å². The molecule has 10 heteroatoms. The summed E-state index contributed by atoms with van der Waals surface area (Å²) in [6, 6.07) is -1.93. The molecule has 0 rings (SSSR count). The van der Waals surface area contributed by atoms with E-state index in [0.29, 0.717) is 0 Å². The SMILES string of the molecule is O=C(O)C[C@H](NS(=O)(=O)[O-])C(=O)O.[K+]. The van der Waals surface area contributed by atoms with Crippen LogP contribution in [0, 0.1) is 0 Å². The molecule has 0 saturated heterocycles. The molecule has 8 nitrogen and oxygen atoms in total. The van der Waals surface area contributed by atoms with E-state index >= 15 is 0 Å². The predicted octanol–water partition coefficient (Wildman–Crippen LogP) is -5.03. The van der Waals surface area contributed by atoms with E-state index in [9.17, 15) is 22.6 Å². The summed E-state index contributed by atoms with van der Waals surface area (Å²) >= 11 is 0. The smallest absolute Gasteiger partial charge is 0.735 e. The maximum atomic E-state index is 10.2. The van der Waals surface area contributed by atoms with Gasteiger partial charge in [-0.25, -0.2) is 13.1 Å². The van der Waals surface area contributed by atoms with Crippen molar-refractivity contribution in [3.63, 3.8) is 0 Å². The van der Waals surface area contributed by atoms with E-state index in [-0.39, 0.29) is 51.4 Å². The Hall–Kier alpha value is 0.446. The minimum atomic E-state index is -4.96. The summed E-state index contributed by atoms with van der Waals surface area (Å²) < 4.78 is 31.1. The van der Waals surface area contributed by atoms with Crippen molar-refractivity contribution in [1.29, 1.82) is 0 Å². The van der Waals surface area contributed by atoms with Gasteiger partial charge in [-0.3, -0.25) is 9.59 Å². The Morgan fingerprint density at radius 1 is 1.36 bits per heavy atom. The molecular weight excluding hydrogens is 245 g/mol. The molecule has 0 aromatic rings. The van der Waals surface area contributed by atoms with Crippen molar-refractivity contribution >= 4 is 22.2 Å². The van der Waals surface area contributed by atoms with E-state index in [1.807, 2.05) is 0 Å². The van der Waals surface area contributed by atoms with Gasteiger partial charge in [0, 0.05) is 0 Å². The third-order valence-corrected chi connectivity index (χ3v) is 1.54. The van der Waals surface area contributed by atoms with Crippen LogP contribution in [-0.2, 0) is 19.9 Å². The zero-order valence-electron chi connectivity index (χ0n) is 7.13. The maximum Gasteiger partial charge on any atom is 1.00 e. The van der Waals surface area contributed by atoms with E-state index in [1.165, 1.54) is 0 Å². The van der Waals surface area contributed by atoms with E-state index in [2.05, 4.69) is 0 Å². The van der Waals surface area contributed by atoms with Crippen molar-refractivity contribution in [2.24, 2.45) is 0 Å². The van der Waals surface area contributed by atoms with E-state index < -0.39 is 34.7 Å². The molecule has 0 radical (unpaired) electrons. The van der Waals surface area contributed by atoms with Gasteiger partial charge in [0.2, 0.25) is 0 Å². The summed E-state index contributed by atoms with van der Waals surface area (Å²) in [4.78, 5) is 20.2. The Bertz CT molecular complexity index is 312. The number of aliphatic carboxylic acids is 2. The second-order valence-corrected chi connectivity index (χ2v) is 3.20. The largest absolute Gasteiger partial charge is 1.00 e. The van der Waals surface area contributed by atoms with Crippen LogP contribution >= 0.6 is 0 Å². The number of nitrogens with one attached hydrogen (secondary N) is 1. The van der Waals surface area contributed by atoms with Crippen molar-refractivity contribution in [2.75, 3.05) is 0 Å². The van der Waals surface area contributed by atoms with Gasteiger partial charge in [0.15, 0.2) is 10.3 Å². The third-order valence-electron chi connectivity index (χ3n) is 0.963. The van der Waals surface area contributed by atoms with Crippen LogP contribution in [0.3, 0.4) is 0 Å². The van der Waals surface area contributed by atoms with Crippen LogP contribution in [-0.4, -0.2) is 41.2 Å². The summed E-state index contributed by atoms with van der Waals surface area (Å²) in [6.07, 6.45) is -0.989. The molecule has 0 heterocycles. The Balaban J connectivity index is 0. The first-order valence-corrected chi connectivity index (χ1v) is 4.31. The summed E-state index contributed by atoms with van der Waals surface area (Å²) in [7, 11) is -4.96. The number of hydrogen-bond acceptors (Lipinski definition) is 5. The minimum Gasteiger partial charge on any atom is -0.735 e. The van der Waals surface area contributed by atoms with Crippen LogP contribution in [0.15, 0.2) is 0 Å². The molecular formula is C4H6KNO7S. The van der Waals surface area contributed by atoms with Gasteiger partial charge in [0.05, 0.1) is 6.42 Å². The minimum absolute atomic E-state index is 0. The maximum absolute atomic E-state index is 10.2. The Morgan fingerprint density at radius 3 is 2.00 bits per heavy atom. The number of carboxylic acids is 2. The molecule has 0 unspecified atom stereocenters. The first-order chi connectivity index (χ1) is 5.72. The van der Waals surface area contributed by atoms with Crippen LogP contribution in [0.2, 0.25) is 0 Å². The second-order valence-electron chi connectivity index (χ2n) is 2.06. The van der Waals surface area contributed by atoms with Gasteiger partial charge in [0.1, 0.15) is 6.04 Å². The molecule has 0 saturated carbocycles. The molecule has 0 aliphatic heterocycles. The van der Waals surface area contributed by atoms with Crippen LogP contribution in [0.4, 0.5) is 0 Å². The number of carbonyl (C=O) groups is 2. The zero-order chi connectivity index (χ0) is 10.6.